The van der Waals surface area contributed by atoms with Crippen molar-refractivity contribution in [2.45, 2.75) is 33.3 Å². The summed E-state index contributed by atoms with van der Waals surface area (Å²) in [5, 5.41) is 3.41. The summed E-state index contributed by atoms with van der Waals surface area (Å²) in [5.41, 5.74) is 7.12. The van der Waals surface area contributed by atoms with Gasteiger partial charge in [0.1, 0.15) is 6.10 Å². The molecule has 0 radical (unpaired) electrons. The minimum atomic E-state index is -0.573. The van der Waals surface area contributed by atoms with Crippen molar-refractivity contribution in [1.29, 1.82) is 0 Å². The van der Waals surface area contributed by atoms with Crippen molar-refractivity contribution in [3.05, 3.63) is 94.1 Å². The summed E-state index contributed by atoms with van der Waals surface area (Å²) in [7, 11) is 1.39. The molecule has 8 heteroatoms. The van der Waals surface area contributed by atoms with Crippen molar-refractivity contribution in [3.8, 4) is 21.6 Å². The predicted octanol–water partition coefficient (Wildman–Crippen LogP) is 7.77. The van der Waals surface area contributed by atoms with Crippen molar-refractivity contribution in [2.24, 2.45) is 0 Å². The number of nitrogens with one attached hydrogen (secondary N) is 1. The Balaban J connectivity index is 1.50. The molecule has 0 aliphatic carbocycles. The second-order valence-corrected chi connectivity index (χ2v) is 9.83. The van der Waals surface area contributed by atoms with Gasteiger partial charge in [0.15, 0.2) is 0 Å². The number of anilines is 1. The highest BCUT2D eigenvalue weighted by Crippen LogP contribution is 2.37. The van der Waals surface area contributed by atoms with Gasteiger partial charge < -0.3 is 9.47 Å². The van der Waals surface area contributed by atoms with Crippen LogP contribution in [0.4, 0.5) is 10.5 Å². The normalized spacial score (nSPS) is 11.6. The van der Waals surface area contributed by atoms with Crippen LogP contribution in [0.5, 0.6) is 0 Å². The number of methoxy groups -OCH3 is 1. The molecule has 0 bridgehead atoms. The number of hydrogen-bond donors (Lipinski definition) is 1. The highest BCUT2D eigenvalue weighted by molar-refractivity contribution is 7.10. The predicted molar refractivity (Wildman–Crippen MR) is 148 cm³/mol. The van der Waals surface area contributed by atoms with Gasteiger partial charge in [-0.25, -0.2) is 4.79 Å². The van der Waals surface area contributed by atoms with E-state index < -0.39 is 12.2 Å². The van der Waals surface area contributed by atoms with Gasteiger partial charge in [0.25, 0.3) is 0 Å². The SMILES string of the molecule is COC(=O)Cc1ccc(-c2ccc(-c3snc(C)c3NC(=O)O[C@H](C)c3ccccc3Cl)cc2)c(C)c1. The lowest BCUT2D eigenvalue weighted by molar-refractivity contribution is -0.139. The maximum Gasteiger partial charge on any atom is 0.412 e. The number of rotatable bonds is 7. The van der Waals surface area contributed by atoms with Gasteiger partial charge in [-0.05, 0) is 66.2 Å². The van der Waals surface area contributed by atoms with E-state index in [0.29, 0.717) is 16.4 Å². The topological polar surface area (TPSA) is 77.5 Å². The molecule has 0 fully saturated rings. The first-order valence-electron chi connectivity index (χ1n) is 11.7. The van der Waals surface area contributed by atoms with E-state index in [0.717, 1.165) is 38.3 Å². The Labute approximate surface area is 225 Å². The van der Waals surface area contributed by atoms with E-state index in [1.165, 1.54) is 18.6 Å². The summed E-state index contributed by atoms with van der Waals surface area (Å²) in [6.45, 7) is 5.65. The molecule has 1 amide bonds. The van der Waals surface area contributed by atoms with Gasteiger partial charge in [0.05, 0.1) is 29.8 Å². The van der Waals surface area contributed by atoms with E-state index in [1.807, 2.05) is 74.5 Å². The van der Waals surface area contributed by atoms with Crippen LogP contribution in [0.25, 0.3) is 21.6 Å². The molecule has 6 nitrogen and oxygen atoms in total. The molecule has 1 aromatic heterocycles. The maximum absolute atomic E-state index is 12.7. The first-order valence-corrected chi connectivity index (χ1v) is 12.9. The first kappa shape index (κ1) is 26.4. The lowest BCUT2D eigenvalue weighted by Crippen LogP contribution is -2.16. The molecule has 1 atom stereocenters. The number of esters is 1. The average Bonchev–Trinajstić information content (AvgIpc) is 3.24. The number of carbonyl (C=O) groups is 2. The van der Waals surface area contributed by atoms with Crippen molar-refractivity contribution in [3.63, 3.8) is 0 Å². The fraction of sp³-hybridized carbons (Fsp3) is 0.207. The molecule has 1 N–H and O–H groups in total. The van der Waals surface area contributed by atoms with E-state index in [-0.39, 0.29) is 12.4 Å². The molecule has 190 valence electrons. The van der Waals surface area contributed by atoms with Crippen molar-refractivity contribution >= 4 is 40.9 Å². The minimum absolute atomic E-state index is 0.247. The molecule has 0 aliphatic heterocycles. The third-order valence-electron chi connectivity index (χ3n) is 6.04. The van der Waals surface area contributed by atoms with Gasteiger partial charge in [-0.15, -0.1) is 0 Å². The van der Waals surface area contributed by atoms with Gasteiger partial charge in [0, 0.05) is 10.6 Å². The van der Waals surface area contributed by atoms with Crippen LogP contribution in [-0.2, 0) is 20.7 Å². The second kappa shape index (κ2) is 11.6. The number of aromatic nitrogens is 1. The highest BCUT2D eigenvalue weighted by atomic mass is 35.5. The molecule has 0 unspecified atom stereocenters. The molecule has 4 aromatic rings. The Morgan fingerprint density at radius 2 is 1.73 bits per heavy atom. The van der Waals surface area contributed by atoms with Gasteiger partial charge >= 0.3 is 12.1 Å². The minimum Gasteiger partial charge on any atom is -0.469 e. The molecule has 0 aliphatic rings. The third-order valence-corrected chi connectivity index (χ3v) is 7.37. The van der Waals surface area contributed by atoms with Crippen LogP contribution in [-0.4, -0.2) is 23.5 Å². The molecule has 4 rings (SSSR count). The van der Waals surface area contributed by atoms with Crippen molar-refractivity contribution < 1.29 is 19.1 Å². The highest BCUT2D eigenvalue weighted by Gasteiger charge is 2.19. The smallest absolute Gasteiger partial charge is 0.412 e. The summed E-state index contributed by atoms with van der Waals surface area (Å²) < 4.78 is 14.8. The van der Waals surface area contributed by atoms with E-state index >= 15 is 0 Å². The van der Waals surface area contributed by atoms with Gasteiger partial charge in [-0.2, -0.15) is 4.37 Å². The quantitative estimate of drug-likeness (QED) is 0.245. The van der Waals surface area contributed by atoms with Crippen LogP contribution in [0.15, 0.2) is 66.7 Å². The molecule has 0 spiro atoms. The van der Waals surface area contributed by atoms with E-state index in [2.05, 4.69) is 9.69 Å². The maximum atomic E-state index is 12.7. The average molecular weight is 535 g/mol. The third kappa shape index (κ3) is 6.18. The zero-order valence-corrected chi connectivity index (χ0v) is 22.6. The number of ether oxygens (including phenoxy) is 2. The monoisotopic (exact) mass is 534 g/mol. The van der Waals surface area contributed by atoms with Gasteiger partial charge in [-0.1, -0.05) is 72.3 Å². The standard InChI is InChI=1S/C29H27ClN2O4S/c1-17-15-20(16-26(33)35-4)9-14-23(17)21-10-12-22(13-11-21)28-27(18(2)32-37-28)31-29(34)36-19(3)24-7-5-6-8-25(24)30/h5-15,19H,16H2,1-4H3,(H,31,34)/t19-/m1/s1. The number of nitrogens with zero attached hydrogens (tertiary/aromatic N) is 1. The van der Waals surface area contributed by atoms with Crippen LogP contribution in [0.1, 0.15) is 35.4 Å². The fourth-order valence-electron chi connectivity index (χ4n) is 4.07. The van der Waals surface area contributed by atoms with Crippen molar-refractivity contribution in [1.82, 2.24) is 4.37 Å². The summed E-state index contributed by atoms with van der Waals surface area (Å²) in [4.78, 5) is 25.1. The van der Waals surface area contributed by atoms with E-state index in [9.17, 15) is 9.59 Å². The molecular weight excluding hydrogens is 508 g/mol. The van der Waals surface area contributed by atoms with Gasteiger partial charge in [0.2, 0.25) is 0 Å². The zero-order valence-electron chi connectivity index (χ0n) is 21.0. The largest absolute Gasteiger partial charge is 0.469 e. The number of halogens is 1. The van der Waals surface area contributed by atoms with Crippen LogP contribution in [0.3, 0.4) is 0 Å². The number of benzene rings is 3. The Hall–Kier alpha value is -3.68. The van der Waals surface area contributed by atoms with Crippen molar-refractivity contribution in [2.75, 3.05) is 12.4 Å². The molecule has 3 aromatic carbocycles. The Morgan fingerprint density at radius 1 is 1.03 bits per heavy atom. The second-order valence-electron chi connectivity index (χ2n) is 8.65. The summed E-state index contributed by atoms with van der Waals surface area (Å²) in [6.07, 6.45) is -0.835. The summed E-state index contributed by atoms with van der Waals surface area (Å²) in [6, 6.07) is 21.3. The molecular formula is C29H27ClN2O4S. The van der Waals surface area contributed by atoms with Crippen LogP contribution in [0, 0.1) is 13.8 Å². The van der Waals surface area contributed by atoms with Crippen LogP contribution >= 0.6 is 23.1 Å². The number of aryl methyl sites for hydroxylation is 2. The number of amides is 1. The first-order chi connectivity index (χ1) is 17.8. The Kier molecular flexibility index (Phi) is 8.26. The molecule has 37 heavy (non-hydrogen) atoms. The van der Waals surface area contributed by atoms with E-state index in [4.69, 9.17) is 21.1 Å². The summed E-state index contributed by atoms with van der Waals surface area (Å²) in [5.74, 6) is -0.261. The van der Waals surface area contributed by atoms with Gasteiger partial charge in [-0.3, -0.25) is 10.1 Å². The lowest BCUT2D eigenvalue weighted by atomic mass is 9.96. The fourth-order valence-corrected chi connectivity index (χ4v) is 5.21. The molecule has 0 saturated carbocycles. The lowest BCUT2D eigenvalue weighted by Gasteiger charge is -2.16. The van der Waals surface area contributed by atoms with Crippen LogP contribution < -0.4 is 5.32 Å². The molecule has 0 saturated heterocycles. The summed E-state index contributed by atoms with van der Waals surface area (Å²) >= 11 is 7.56. The Bertz CT molecular complexity index is 1430. The van der Waals surface area contributed by atoms with Crippen LogP contribution in [0.2, 0.25) is 5.02 Å². The Morgan fingerprint density at radius 3 is 2.41 bits per heavy atom. The number of carbonyl (C=O) groups excluding carboxylic acids is 2. The zero-order chi connectivity index (χ0) is 26.5. The number of hydrogen-bond acceptors (Lipinski definition) is 6. The van der Waals surface area contributed by atoms with E-state index in [1.54, 1.807) is 13.0 Å². The molecule has 1 heterocycles.